The molecule has 3 rings (SSSR count). The topological polar surface area (TPSA) is 32.3 Å². The molecule has 2 saturated heterocycles. The Hall–Kier alpha value is -0.650. The maximum atomic E-state index is 12.4. The molecule has 3 nitrogen and oxygen atoms in total. The van der Waals surface area contributed by atoms with Gasteiger partial charge in [0.05, 0.1) is 5.56 Å². The highest BCUT2D eigenvalue weighted by molar-refractivity contribution is 7.99. The van der Waals surface area contributed by atoms with E-state index < -0.39 is 0 Å². The van der Waals surface area contributed by atoms with E-state index in [1.54, 1.807) is 11.8 Å². The second-order valence-corrected chi connectivity index (χ2v) is 8.81. The Bertz CT molecular complexity index is 538. The van der Waals surface area contributed by atoms with Crippen molar-refractivity contribution in [1.29, 1.82) is 0 Å². The zero-order chi connectivity index (χ0) is 16.8. The molecule has 1 aromatic rings. The molecule has 1 amide bonds. The second kappa shape index (κ2) is 9.16. The van der Waals surface area contributed by atoms with Gasteiger partial charge in [0.25, 0.3) is 5.91 Å². The van der Waals surface area contributed by atoms with Gasteiger partial charge in [0.1, 0.15) is 0 Å². The fourth-order valence-electron chi connectivity index (χ4n) is 3.74. The van der Waals surface area contributed by atoms with Crippen molar-refractivity contribution in [3.8, 4) is 0 Å². The van der Waals surface area contributed by atoms with Gasteiger partial charge in [-0.25, -0.2) is 0 Å². The number of nitrogens with zero attached hydrogens (tertiary/aromatic N) is 1. The second-order valence-electron chi connectivity index (χ2n) is 6.73. The number of nitrogens with one attached hydrogen (secondary N) is 1. The lowest BCUT2D eigenvalue weighted by Gasteiger charge is -2.39. The molecule has 0 spiro atoms. The molecule has 0 unspecified atom stereocenters. The molecule has 2 heterocycles. The van der Waals surface area contributed by atoms with Crippen LogP contribution in [-0.2, 0) is 0 Å². The summed E-state index contributed by atoms with van der Waals surface area (Å²) in [6.45, 7) is 3.23. The summed E-state index contributed by atoms with van der Waals surface area (Å²) in [6.07, 6.45) is 7.17. The van der Waals surface area contributed by atoms with Crippen LogP contribution < -0.4 is 5.32 Å². The minimum atomic E-state index is 0.0756. The summed E-state index contributed by atoms with van der Waals surface area (Å²) in [5.74, 6) is 3.36. The SMILES string of the molecule is CSc1ccccc1C(=O)NCC1CCN(C2CCSCC2)CC1. The first-order valence-corrected chi connectivity index (χ1v) is 11.4. The molecule has 1 aromatic carbocycles. The number of hydrogen-bond acceptors (Lipinski definition) is 4. The van der Waals surface area contributed by atoms with Crippen LogP contribution in [0, 0.1) is 5.92 Å². The third kappa shape index (κ3) is 4.70. The molecule has 5 heteroatoms. The fraction of sp³-hybridized carbons (Fsp3) is 0.632. The Morgan fingerprint density at radius 2 is 1.92 bits per heavy atom. The van der Waals surface area contributed by atoms with Crippen LogP contribution in [-0.4, -0.2) is 54.2 Å². The lowest BCUT2D eigenvalue weighted by atomic mass is 9.94. The van der Waals surface area contributed by atoms with E-state index in [-0.39, 0.29) is 5.91 Å². The van der Waals surface area contributed by atoms with Crippen molar-refractivity contribution in [2.75, 3.05) is 37.4 Å². The summed E-state index contributed by atoms with van der Waals surface area (Å²) in [5.41, 5.74) is 0.808. The van der Waals surface area contributed by atoms with Crippen LogP contribution in [0.2, 0.25) is 0 Å². The summed E-state index contributed by atoms with van der Waals surface area (Å²) >= 11 is 3.73. The van der Waals surface area contributed by atoms with Gasteiger partial charge >= 0.3 is 0 Å². The molecule has 1 N–H and O–H groups in total. The van der Waals surface area contributed by atoms with E-state index in [0.29, 0.717) is 5.92 Å². The Morgan fingerprint density at radius 1 is 1.21 bits per heavy atom. The average molecular weight is 365 g/mol. The molecular formula is C19H28N2OS2. The normalized spacial score (nSPS) is 20.9. The number of benzene rings is 1. The first kappa shape index (κ1) is 18.2. The smallest absolute Gasteiger partial charge is 0.252 e. The van der Waals surface area contributed by atoms with Gasteiger partial charge in [-0.1, -0.05) is 12.1 Å². The van der Waals surface area contributed by atoms with Gasteiger partial charge in [0, 0.05) is 17.5 Å². The largest absolute Gasteiger partial charge is 0.352 e. The number of rotatable bonds is 5. The standard InChI is InChI=1S/C19H28N2OS2/c1-23-18-5-3-2-4-17(18)19(22)20-14-15-6-10-21(11-7-15)16-8-12-24-13-9-16/h2-5,15-16H,6-14H2,1H3,(H,20,22). The first-order chi connectivity index (χ1) is 11.8. The van der Waals surface area contributed by atoms with E-state index in [4.69, 9.17) is 0 Å². The number of carbonyl (C=O) groups excluding carboxylic acids is 1. The van der Waals surface area contributed by atoms with Gasteiger partial charge in [-0.3, -0.25) is 4.79 Å². The summed E-state index contributed by atoms with van der Waals surface area (Å²) < 4.78 is 0. The number of carbonyl (C=O) groups is 1. The highest BCUT2D eigenvalue weighted by Crippen LogP contribution is 2.26. The van der Waals surface area contributed by atoms with E-state index in [0.717, 1.165) is 23.0 Å². The van der Waals surface area contributed by atoms with Crippen LogP contribution in [0.1, 0.15) is 36.0 Å². The third-order valence-corrected chi connectivity index (χ3v) is 7.10. The van der Waals surface area contributed by atoms with Crippen LogP contribution in [0.3, 0.4) is 0 Å². The molecule has 0 aromatic heterocycles. The maximum Gasteiger partial charge on any atom is 0.252 e. The molecule has 132 valence electrons. The van der Waals surface area contributed by atoms with Crippen molar-refractivity contribution in [2.45, 2.75) is 36.6 Å². The molecule has 0 bridgehead atoms. The van der Waals surface area contributed by atoms with Crippen molar-refractivity contribution in [1.82, 2.24) is 10.2 Å². The van der Waals surface area contributed by atoms with E-state index in [2.05, 4.69) is 22.0 Å². The number of hydrogen-bond donors (Lipinski definition) is 1. The molecule has 2 aliphatic heterocycles. The van der Waals surface area contributed by atoms with Crippen LogP contribution in [0.5, 0.6) is 0 Å². The van der Waals surface area contributed by atoms with E-state index in [1.807, 2.05) is 30.5 Å². The van der Waals surface area contributed by atoms with Gasteiger partial charge in [0.15, 0.2) is 0 Å². The Morgan fingerprint density at radius 3 is 2.62 bits per heavy atom. The van der Waals surface area contributed by atoms with Crippen LogP contribution in [0.25, 0.3) is 0 Å². The van der Waals surface area contributed by atoms with Gasteiger partial charge in [-0.2, -0.15) is 11.8 Å². The highest BCUT2D eigenvalue weighted by Gasteiger charge is 2.26. The average Bonchev–Trinajstić information content (AvgIpc) is 2.67. The van der Waals surface area contributed by atoms with E-state index in [9.17, 15) is 4.79 Å². The Kier molecular flexibility index (Phi) is 6.93. The quantitative estimate of drug-likeness (QED) is 0.807. The lowest BCUT2D eigenvalue weighted by Crippen LogP contribution is -2.45. The molecule has 2 fully saturated rings. The first-order valence-electron chi connectivity index (χ1n) is 9.01. The summed E-state index contributed by atoms with van der Waals surface area (Å²) in [6, 6.07) is 8.68. The minimum absolute atomic E-state index is 0.0756. The van der Waals surface area contributed by atoms with Crippen molar-refractivity contribution in [3.05, 3.63) is 29.8 Å². The fourth-order valence-corrected chi connectivity index (χ4v) is 5.41. The Balaban J connectivity index is 1.44. The number of piperidine rings is 1. The van der Waals surface area contributed by atoms with Crippen LogP contribution in [0.4, 0.5) is 0 Å². The molecule has 24 heavy (non-hydrogen) atoms. The summed E-state index contributed by atoms with van der Waals surface area (Å²) in [7, 11) is 0. The van der Waals surface area contributed by atoms with E-state index >= 15 is 0 Å². The number of thioether (sulfide) groups is 2. The monoisotopic (exact) mass is 364 g/mol. The minimum Gasteiger partial charge on any atom is -0.352 e. The van der Waals surface area contributed by atoms with Gasteiger partial charge in [0.2, 0.25) is 0 Å². The van der Waals surface area contributed by atoms with Crippen LogP contribution >= 0.6 is 23.5 Å². The van der Waals surface area contributed by atoms with Crippen molar-refractivity contribution >= 4 is 29.4 Å². The van der Waals surface area contributed by atoms with Crippen molar-refractivity contribution < 1.29 is 4.79 Å². The predicted molar refractivity (Wildman–Crippen MR) is 105 cm³/mol. The maximum absolute atomic E-state index is 12.4. The summed E-state index contributed by atoms with van der Waals surface area (Å²) in [5, 5.41) is 3.16. The summed E-state index contributed by atoms with van der Waals surface area (Å²) in [4.78, 5) is 16.2. The zero-order valence-electron chi connectivity index (χ0n) is 14.5. The predicted octanol–water partition coefficient (Wildman–Crippen LogP) is 3.75. The molecule has 0 aliphatic carbocycles. The molecule has 0 radical (unpaired) electrons. The van der Waals surface area contributed by atoms with Crippen molar-refractivity contribution in [3.63, 3.8) is 0 Å². The lowest BCUT2D eigenvalue weighted by molar-refractivity contribution is 0.0917. The molecule has 0 atom stereocenters. The molecule has 2 aliphatic rings. The van der Waals surface area contributed by atoms with Gasteiger partial charge in [-0.15, -0.1) is 11.8 Å². The van der Waals surface area contributed by atoms with Gasteiger partial charge < -0.3 is 10.2 Å². The highest BCUT2D eigenvalue weighted by atomic mass is 32.2. The molecule has 0 saturated carbocycles. The number of likely N-dealkylation sites (tertiary alicyclic amines) is 1. The Labute approximate surface area is 154 Å². The van der Waals surface area contributed by atoms with Crippen LogP contribution in [0.15, 0.2) is 29.2 Å². The zero-order valence-corrected chi connectivity index (χ0v) is 16.1. The number of amides is 1. The van der Waals surface area contributed by atoms with E-state index in [1.165, 1.54) is 50.3 Å². The third-order valence-electron chi connectivity index (χ3n) is 5.26. The molecular weight excluding hydrogens is 336 g/mol. The van der Waals surface area contributed by atoms with Crippen molar-refractivity contribution in [2.24, 2.45) is 5.92 Å². The van der Waals surface area contributed by atoms with Gasteiger partial charge in [-0.05, 0) is 74.6 Å².